The van der Waals surface area contributed by atoms with Crippen LogP contribution in [-0.4, -0.2) is 46.8 Å². The van der Waals surface area contributed by atoms with Crippen LogP contribution in [0.25, 0.3) is 0 Å². The fourth-order valence-corrected chi connectivity index (χ4v) is 5.48. The summed E-state index contributed by atoms with van der Waals surface area (Å²) in [4.78, 5) is 54.9. The molecular formula is C27H32N4O5. The van der Waals surface area contributed by atoms with Crippen LogP contribution in [-0.2, 0) is 22.4 Å². The second-order valence-electron chi connectivity index (χ2n) is 9.52. The molecule has 0 aliphatic carbocycles. The summed E-state index contributed by atoms with van der Waals surface area (Å²) in [5.74, 6) is -1.14. The largest absolute Gasteiger partial charge is 0.367 e. The zero-order valence-electron chi connectivity index (χ0n) is 20.7. The normalized spacial score (nSPS) is 21.5. The number of non-ortho nitro benzene ring substituents is 1. The number of anilines is 1. The number of nitrogens with one attached hydrogen (secondary N) is 1. The number of hydrogen-bond donors (Lipinski definition) is 1. The Morgan fingerprint density at radius 1 is 1.06 bits per heavy atom. The van der Waals surface area contributed by atoms with Gasteiger partial charge in [0.1, 0.15) is 0 Å². The molecule has 190 valence electrons. The van der Waals surface area contributed by atoms with Crippen LogP contribution in [0, 0.1) is 15.5 Å². The van der Waals surface area contributed by atoms with Crippen molar-refractivity contribution in [3.8, 4) is 0 Å². The Labute approximate surface area is 210 Å². The minimum absolute atomic E-state index is 0.0110. The van der Waals surface area contributed by atoms with E-state index in [4.69, 9.17) is 0 Å². The lowest BCUT2D eigenvalue weighted by molar-refractivity contribution is -0.384. The summed E-state index contributed by atoms with van der Waals surface area (Å²) in [6.07, 6.45) is 3.52. The first kappa shape index (κ1) is 25.3. The van der Waals surface area contributed by atoms with Crippen LogP contribution in [0.15, 0.2) is 48.5 Å². The number of rotatable bonds is 9. The van der Waals surface area contributed by atoms with E-state index in [9.17, 15) is 24.5 Å². The van der Waals surface area contributed by atoms with Crippen molar-refractivity contribution in [2.45, 2.75) is 58.4 Å². The summed E-state index contributed by atoms with van der Waals surface area (Å²) in [5, 5.41) is 14.0. The van der Waals surface area contributed by atoms with Gasteiger partial charge in [-0.25, -0.2) is 4.79 Å². The molecule has 2 aliphatic rings. The molecular weight excluding hydrogens is 460 g/mol. The molecule has 0 saturated carbocycles. The highest BCUT2D eigenvalue weighted by atomic mass is 16.6. The van der Waals surface area contributed by atoms with Gasteiger partial charge < -0.3 is 4.90 Å². The SMILES string of the molecule is CCCCN1c2ccc([N+](=O)[O-])cc2C[C@@]2(C(=O)NC(=O)N(CCc3ccccc3)C2=O)[C@@H]1CCC. The minimum atomic E-state index is -1.55. The van der Waals surface area contributed by atoms with Gasteiger partial charge in [0.25, 0.3) is 5.69 Å². The Morgan fingerprint density at radius 2 is 1.81 bits per heavy atom. The Balaban J connectivity index is 1.79. The minimum Gasteiger partial charge on any atom is -0.367 e. The summed E-state index contributed by atoms with van der Waals surface area (Å²) < 4.78 is 0. The van der Waals surface area contributed by atoms with Crippen LogP contribution in [0.3, 0.4) is 0 Å². The molecule has 1 fully saturated rings. The summed E-state index contributed by atoms with van der Waals surface area (Å²) in [6, 6.07) is 13.0. The molecule has 9 heteroatoms. The summed E-state index contributed by atoms with van der Waals surface area (Å²) in [5.41, 5.74) is 0.730. The highest BCUT2D eigenvalue weighted by Gasteiger charge is 2.61. The van der Waals surface area contributed by atoms with Crippen LogP contribution in [0.2, 0.25) is 0 Å². The number of benzene rings is 2. The molecule has 0 aromatic heterocycles. The molecule has 0 unspecified atom stereocenters. The van der Waals surface area contributed by atoms with E-state index >= 15 is 0 Å². The molecule has 4 rings (SSSR count). The van der Waals surface area contributed by atoms with E-state index in [1.807, 2.05) is 37.3 Å². The molecule has 2 aromatic rings. The maximum atomic E-state index is 14.2. The number of nitrogens with zero attached hydrogens (tertiary/aromatic N) is 3. The first-order valence-electron chi connectivity index (χ1n) is 12.6. The van der Waals surface area contributed by atoms with Gasteiger partial charge in [-0.3, -0.25) is 29.9 Å². The van der Waals surface area contributed by atoms with Gasteiger partial charge in [0.05, 0.1) is 11.0 Å². The van der Waals surface area contributed by atoms with Gasteiger partial charge in [-0.15, -0.1) is 0 Å². The Hall–Kier alpha value is -3.75. The van der Waals surface area contributed by atoms with E-state index in [0.29, 0.717) is 24.9 Å². The molecule has 4 amide bonds. The van der Waals surface area contributed by atoms with Gasteiger partial charge in [-0.05, 0) is 36.5 Å². The molecule has 9 nitrogen and oxygen atoms in total. The van der Waals surface area contributed by atoms with E-state index in [0.717, 1.165) is 35.4 Å². The summed E-state index contributed by atoms with van der Waals surface area (Å²) in [6.45, 7) is 4.81. The van der Waals surface area contributed by atoms with Gasteiger partial charge >= 0.3 is 6.03 Å². The van der Waals surface area contributed by atoms with Gasteiger partial charge in [-0.1, -0.05) is 57.0 Å². The number of imide groups is 2. The molecule has 1 N–H and O–H groups in total. The van der Waals surface area contributed by atoms with Crippen molar-refractivity contribution in [2.24, 2.45) is 5.41 Å². The van der Waals surface area contributed by atoms with Crippen LogP contribution in [0.5, 0.6) is 0 Å². The summed E-state index contributed by atoms with van der Waals surface area (Å²) in [7, 11) is 0. The standard InChI is InChI=1S/C27H32N4O5/c1-3-5-15-29-22-13-12-21(31(35)36)17-20(22)18-27(23(29)9-4-2)24(32)28-26(34)30(25(27)33)16-14-19-10-7-6-8-11-19/h6-8,10-13,17,23H,3-5,9,14-16,18H2,1-2H3,(H,28,32,34)/t23-,27-/m0/s1. The second kappa shape index (κ2) is 10.5. The number of carbonyl (C=O) groups is 3. The molecule has 2 aliphatic heterocycles. The van der Waals surface area contributed by atoms with E-state index in [2.05, 4.69) is 17.1 Å². The van der Waals surface area contributed by atoms with Gasteiger partial charge in [0, 0.05) is 37.3 Å². The topological polar surface area (TPSA) is 113 Å². The third-order valence-electron chi connectivity index (χ3n) is 7.28. The number of urea groups is 1. The molecule has 1 spiro atoms. The number of barbiturate groups is 1. The highest BCUT2D eigenvalue weighted by Crippen LogP contribution is 2.47. The molecule has 0 bridgehead atoms. The van der Waals surface area contributed by atoms with Crippen molar-refractivity contribution < 1.29 is 19.3 Å². The molecule has 2 atom stereocenters. The maximum Gasteiger partial charge on any atom is 0.330 e. The van der Waals surface area contributed by atoms with Crippen molar-refractivity contribution in [3.63, 3.8) is 0 Å². The lowest BCUT2D eigenvalue weighted by Gasteiger charge is -2.52. The quantitative estimate of drug-likeness (QED) is 0.318. The van der Waals surface area contributed by atoms with Gasteiger partial charge in [0.15, 0.2) is 5.41 Å². The average Bonchev–Trinajstić information content (AvgIpc) is 2.87. The van der Waals surface area contributed by atoms with Crippen LogP contribution in [0.1, 0.15) is 50.7 Å². The first-order chi connectivity index (χ1) is 17.3. The Morgan fingerprint density at radius 3 is 2.47 bits per heavy atom. The van der Waals surface area contributed by atoms with E-state index < -0.39 is 34.2 Å². The number of hydrogen-bond acceptors (Lipinski definition) is 6. The molecule has 36 heavy (non-hydrogen) atoms. The smallest absolute Gasteiger partial charge is 0.330 e. The van der Waals surface area contributed by atoms with Crippen molar-refractivity contribution in [1.29, 1.82) is 0 Å². The van der Waals surface area contributed by atoms with E-state index in [1.54, 1.807) is 6.07 Å². The van der Waals surface area contributed by atoms with Gasteiger partial charge in [-0.2, -0.15) is 0 Å². The summed E-state index contributed by atoms with van der Waals surface area (Å²) >= 11 is 0. The molecule has 1 saturated heterocycles. The van der Waals surface area contributed by atoms with Crippen molar-refractivity contribution >= 4 is 29.2 Å². The maximum absolute atomic E-state index is 14.2. The third kappa shape index (κ3) is 4.45. The molecule has 0 radical (unpaired) electrons. The lowest BCUT2D eigenvalue weighted by Crippen LogP contribution is -2.72. The fourth-order valence-electron chi connectivity index (χ4n) is 5.48. The zero-order chi connectivity index (χ0) is 25.9. The predicted octanol–water partition coefficient (Wildman–Crippen LogP) is 4.23. The predicted molar refractivity (Wildman–Crippen MR) is 136 cm³/mol. The van der Waals surface area contributed by atoms with Crippen molar-refractivity contribution in [1.82, 2.24) is 10.2 Å². The van der Waals surface area contributed by atoms with E-state index in [-0.39, 0.29) is 18.7 Å². The second-order valence-corrected chi connectivity index (χ2v) is 9.52. The van der Waals surface area contributed by atoms with Crippen LogP contribution in [0.4, 0.5) is 16.2 Å². The van der Waals surface area contributed by atoms with Crippen LogP contribution >= 0.6 is 0 Å². The van der Waals surface area contributed by atoms with E-state index in [1.165, 1.54) is 12.1 Å². The lowest BCUT2D eigenvalue weighted by atomic mass is 9.67. The van der Waals surface area contributed by atoms with Crippen molar-refractivity contribution in [2.75, 3.05) is 18.0 Å². The third-order valence-corrected chi connectivity index (χ3v) is 7.28. The number of nitro benzene ring substituents is 1. The zero-order valence-corrected chi connectivity index (χ0v) is 20.7. The molecule has 2 heterocycles. The number of carbonyl (C=O) groups excluding carboxylic acids is 3. The monoisotopic (exact) mass is 492 g/mol. The number of unbranched alkanes of at least 4 members (excludes halogenated alkanes) is 1. The highest BCUT2D eigenvalue weighted by molar-refractivity contribution is 6.20. The average molecular weight is 493 g/mol. The Kier molecular flexibility index (Phi) is 7.37. The van der Waals surface area contributed by atoms with Crippen LogP contribution < -0.4 is 10.2 Å². The van der Waals surface area contributed by atoms with Crippen molar-refractivity contribution in [3.05, 3.63) is 69.8 Å². The first-order valence-corrected chi connectivity index (χ1v) is 12.6. The van der Waals surface area contributed by atoms with Gasteiger partial charge in [0.2, 0.25) is 11.8 Å². The Bertz CT molecular complexity index is 1170. The number of fused-ring (bicyclic) bond motifs is 1. The number of nitro groups is 1. The fraction of sp³-hybridized carbons (Fsp3) is 0.444. The number of amides is 4. The molecule has 2 aromatic carbocycles.